The topological polar surface area (TPSA) is 60.2 Å². The third-order valence-corrected chi connectivity index (χ3v) is 4.45. The van der Waals surface area contributed by atoms with Gasteiger partial charge < -0.3 is 5.73 Å². The van der Waals surface area contributed by atoms with Crippen LogP contribution in [0.25, 0.3) is 0 Å². The molecule has 4 heteroatoms. The van der Waals surface area contributed by atoms with Crippen LogP contribution in [-0.4, -0.2) is 19.5 Å². The van der Waals surface area contributed by atoms with E-state index in [1.807, 2.05) is 0 Å². The summed E-state index contributed by atoms with van der Waals surface area (Å²) >= 11 is 0. The van der Waals surface area contributed by atoms with Crippen molar-refractivity contribution in [1.82, 2.24) is 0 Å². The molecule has 0 aromatic heterocycles. The monoisotopic (exact) mass is 177 g/mol. The lowest BCUT2D eigenvalue weighted by Gasteiger charge is -2.30. The molecule has 1 atom stereocenters. The van der Waals surface area contributed by atoms with Crippen molar-refractivity contribution >= 4 is 9.84 Å². The van der Waals surface area contributed by atoms with Crippen LogP contribution in [0.4, 0.5) is 0 Å². The van der Waals surface area contributed by atoms with E-state index in [9.17, 15) is 8.42 Å². The van der Waals surface area contributed by atoms with Crippen LogP contribution < -0.4 is 5.73 Å². The van der Waals surface area contributed by atoms with Gasteiger partial charge in [0.2, 0.25) is 0 Å². The molecule has 66 valence electrons. The van der Waals surface area contributed by atoms with E-state index >= 15 is 0 Å². The highest BCUT2D eigenvalue weighted by atomic mass is 32.2. The van der Waals surface area contributed by atoms with Crippen molar-refractivity contribution in [3.63, 3.8) is 0 Å². The molecule has 0 aromatic rings. The van der Waals surface area contributed by atoms with E-state index in [0.717, 1.165) is 19.3 Å². The molecule has 0 amide bonds. The van der Waals surface area contributed by atoms with Gasteiger partial charge in [-0.1, -0.05) is 13.3 Å². The highest BCUT2D eigenvalue weighted by molar-refractivity contribution is 7.91. The zero-order valence-electron chi connectivity index (χ0n) is 6.79. The Balaban J connectivity index is 2.59. The Kier molecular flexibility index (Phi) is 2.54. The van der Waals surface area contributed by atoms with E-state index in [1.54, 1.807) is 6.92 Å². The Morgan fingerprint density at radius 1 is 1.55 bits per heavy atom. The van der Waals surface area contributed by atoms with Crippen LogP contribution >= 0.6 is 0 Å². The maximum atomic E-state index is 11.2. The molecule has 11 heavy (non-hydrogen) atoms. The Bertz CT molecular complexity index is 219. The average molecular weight is 177 g/mol. The molecule has 0 aliphatic heterocycles. The van der Waals surface area contributed by atoms with Crippen molar-refractivity contribution in [2.45, 2.75) is 31.6 Å². The van der Waals surface area contributed by atoms with Crippen LogP contribution in [0.3, 0.4) is 0 Å². The number of rotatable bonds is 3. The average Bonchev–Trinajstić information content (AvgIpc) is 1.84. The Hall–Kier alpha value is -0.0900. The van der Waals surface area contributed by atoms with Gasteiger partial charge in [-0.15, -0.1) is 0 Å². The highest BCUT2D eigenvalue weighted by Crippen LogP contribution is 2.30. The van der Waals surface area contributed by atoms with Crippen LogP contribution in [0, 0.1) is 5.92 Å². The fourth-order valence-electron chi connectivity index (χ4n) is 1.25. The second-order valence-corrected chi connectivity index (χ2v) is 5.55. The first-order valence-corrected chi connectivity index (χ1v) is 5.76. The Morgan fingerprint density at radius 3 is 2.36 bits per heavy atom. The first kappa shape index (κ1) is 9.00. The van der Waals surface area contributed by atoms with Gasteiger partial charge in [0.05, 0.1) is 0 Å². The largest absolute Gasteiger partial charge is 0.315 e. The Morgan fingerprint density at radius 2 is 2.09 bits per heavy atom. The predicted octanol–water partition coefficient (Wildman–Crippen LogP) is 0.506. The molecular weight excluding hydrogens is 162 g/mol. The molecule has 3 nitrogen and oxygen atoms in total. The Labute approximate surface area is 67.9 Å². The summed E-state index contributed by atoms with van der Waals surface area (Å²) in [5, 5.41) is -0.596. The number of hydrogen-bond acceptors (Lipinski definition) is 3. The molecule has 1 rings (SSSR count). The minimum atomic E-state index is -2.98. The molecular formula is C7H15NO2S. The van der Waals surface area contributed by atoms with Crippen molar-refractivity contribution in [3.05, 3.63) is 0 Å². The van der Waals surface area contributed by atoms with Crippen LogP contribution in [0.2, 0.25) is 0 Å². The number of sulfone groups is 1. The minimum Gasteiger partial charge on any atom is -0.315 e. The van der Waals surface area contributed by atoms with E-state index in [0.29, 0.717) is 0 Å². The molecule has 1 unspecified atom stereocenters. The summed E-state index contributed by atoms with van der Waals surface area (Å²) < 4.78 is 22.4. The van der Waals surface area contributed by atoms with Crippen LogP contribution in [0.1, 0.15) is 26.2 Å². The quantitative estimate of drug-likeness (QED) is 0.683. The maximum Gasteiger partial charge on any atom is 0.165 e. The van der Waals surface area contributed by atoms with Gasteiger partial charge in [-0.05, 0) is 18.8 Å². The zero-order valence-corrected chi connectivity index (χ0v) is 7.60. The van der Waals surface area contributed by atoms with Gasteiger partial charge in [0.1, 0.15) is 5.37 Å². The second kappa shape index (κ2) is 3.11. The standard InChI is InChI=1S/C7H15NO2S/c1-2-11(9,10)7(8)6-4-3-5-6/h6-7H,2-5,8H2,1H3. The molecule has 1 aliphatic carbocycles. The van der Waals surface area contributed by atoms with E-state index in [1.165, 1.54) is 0 Å². The van der Waals surface area contributed by atoms with Crippen molar-refractivity contribution in [3.8, 4) is 0 Å². The van der Waals surface area contributed by atoms with Crippen LogP contribution in [0.5, 0.6) is 0 Å². The summed E-state index contributed by atoms with van der Waals surface area (Å²) in [4.78, 5) is 0. The molecule has 0 aromatic carbocycles. The fraction of sp³-hybridized carbons (Fsp3) is 1.00. The van der Waals surface area contributed by atoms with Crippen molar-refractivity contribution in [1.29, 1.82) is 0 Å². The molecule has 1 saturated carbocycles. The van der Waals surface area contributed by atoms with E-state index < -0.39 is 15.2 Å². The second-order valence-electron chi connectivity index (χ2n) is 3.11. The van der Waals surface area contributed by atoms with Gasteiger partial charge in [0, 0.05) is 5.75 Å². The third kappa shape index (κ3) is 1.73. The first-order valence-electron chi connectivity index (χ1n) is 4.05. The molecule has 1 aliphatic rings. The maximum absolute atomic E-state index is 11.2. The molecule has 0 heterocycles. The summed E-state index contributed by atoms with van der Waals surface area (Å²) in [6.07, 6.45) is 3.11. The number of hydrogen-bond donors (Lipinski definition) is 1. The summed E-state index contributed by atoms with van der Waals surface area (Å²) in [5.74, 6) is 0.407. The highest BCUT2D eigenvalue weighted by Gasteiger charge is 2.32. The van der Waals surface area contributed by atoms with Gasteiger partial charge in [0.25, 0.3) is 0 Å². The van der Waals surface area contributed by atoms with Gasteiger partial charge in [-0.25, -0.2) is 8.42 Å². The lowest BCUT2D eigenvalue weighted by Crippen LogP contribution is -2.42. The summed E-state index contributed by atoms with van der Waals surface area (Å²) in [6, 6.07) is 0. The van der Waals surface area contributed by atoms with Crippen molar-refractivity contribution in [2.75, 3.05) is 5.75 Å². The number of nitrogens with two attached hydrogens (primary N) is 1. The molecule has 0 saturated heterocycles. The normalized spacial score (nSPS) is 22.7. The molecule has 1 fully saturated rings. The molecule has 0 bridgehead atoms. The van der Waals surface area contributed by atoms with Crippen LogP contribution in [-0.2, 0) is 9.84 Å². The molecule has 0 spiro atoms. The van der Waals surface area contributed by atoms with Crippen molar-refractivity contribution < 1.29 is 8.42 Å². The van der Waals surface area contributed by atoms with E-state index in [4.69, 9.17) is 5.73 Å². The van der Waals surface area contributed by atoms with E-state index in [2.05, 4.69) is 0 Å². The van der Waals surface area contributed by atoms with Gasteiger partial charge in [0.15, 0.2) is 9.84 Å². The van der Waals surface area contributed by atoms with Gasteiger partial charge >= 0.3 is 0 Å². The summed E-state index contributed by atoms with van der Waals surface area (Å²) in [7, 11) is -2.98. The summed E-state index contributed by atoms with van der Waals surface area (Å²) in [6.45, 7) is 1.65. The third-order valence-electron chi connectivity index (χ3n) is 2.43. The predicted molar refractivity (Wildman–Crippen MR) is 44.8 cm³/mol. The lowest BCUT2D eigenvalue weighted by molar-refractivity contribution is 0.301. The van der Waals surface area contributed by atoms with Gasteiger partial charge in [-0.2, -0.15) is 0 Å². The smallest absolute Gasteiger partial charge is 0.165 e. The fourth-order valence-corrected chi connectivity index (χ4v) is 2.50. The molecule has 2 N–H and O–H groups in total. The SMILES string of the molecule is CCS(=O)(=O)C(N)C1CCC1. The van der Waals surface area contributed by atoms with E-state index in [-0.39, 0.29) is 11.7 Å². The molecule has 0 radical (unpaired) electrons. The van der Waals surface area contributed by atoms with Crippen LogP contribution in [0.15, 0.2) is 0 Å². The van der Waals surface area contributed by atoms with Crippen molar-refractivity contribution in [2.24, 2.45) is 11.7 Å². The lowest BCUT2D eigenvalue weighted by atomic mass is 9.85. The zero-order chi connectivity index (χ0) is 8.48. The van der Waals surface area contributed by atoms with Gasteiger partial charge in [-0.3, -0.25) is 0 Å². The first-order chi connectivity index (χ1) is 5.08. The minimum absolute atomic E-state index is 0.171. The summed E-state index contributed by atoms with van der Waals surface area (Å²) in [5.41, 5.74) is 5.58.